The van der Waals surface area contributed by atoms with Crippen LogP contribution in [-0.2, 0) is 0 Å². The van der Waals surface area contributed by atoms with Gasteiger partial charge in [0.05, 0.1) is 11.4 Å². The van der Waals surface area contributed by atoms with Crippen LogP contribution in [0.3, 0.4) is 0 Å². The molecule has 0 spiro atoms. The van der Waals surface area contributed by atoms with E-state index in [9.17, 15) is 4.39 Å². The Balaban J connectivity index is 2.61. The van der Waals surface area contributed by atoms with Gasteiger partial charge in [-0.05, 0) is 18.2 Å². The molecule has 0 radical (unpaired) electrons. The van der Waals surface area contributed by atoms with Gasteiger partial charge in [-0.25, -0.2) is 9.07 Å². The van der Waals surface area contributed by atoms with Crippen LogP contribution < -0.4 is 11.5 Å². The van der Waals surface area contributed by atoms with Crippen molar-refractivity contribution in [1.82, 2.24) is 9.78 Å². The summed E-state index contributed by atoms with van der Waals surface area (Å²) in [5.74, 6) is -0.547. The Morgan fingerprint density at radius 3 is 2.71 bits per heavy atom. The molecule has 0 amide bonds. The highest BCUT2D eigenvalue weighted by Gasteiger charge is 2.10. The fourth-order valence-corrected chi connectivity index (χ4v) is 1.18. The van der Waals surface area contributed by atoms with Crippen molar-refractivity contribution in [2.75, 3.05) is 11.5 Å². The molecule has 4 nitrogen and oxygen atoms in total. The topological polar surface area (TPSA) is 69.9 Å². The minimum atomic E-state index is -0.547. The second-order valence-corrected chi connectivity index (χ2v) is 2.85. The Morgan fingerprint density at radius 2 is 2.07 bits per heavy atom. The molecule has 1 aromatic carbocycles. The molecule has 2 aromatic rings. The summed E-state index contributed by atoms with van der Waals surface area (Å²) in [4.78, 5) is 0. The van der Waals surface area contributed by atoms with E-state index >= 15 is 0 Å². The maximum absolute atomic E-state index is 13.6. The molecular weight excluding hydrogens is 183 g/mol. The number of aromatic nitrogens is 2. The lowest BCUT2D eigenvalue weighted by Gasteiger charge is -2.07. The quantitative estimate of drug-likeness (QED) is 0.666. The van der Waals surface area contributed by atoms with Gasteiger partial charge in [-0.2, -0.15) is 5.10 Å². The van der Waals surface area contributed by atoms with E-state index in [0.29, 0.717) is 5.69 Å². The average Bonchev–Trinajstić information content (AvgIpc) is 2.67. The molecule has 0 unspecified atom stereocenters. The van der Waals surface area contributed by atoms with Crippen LogP contribution in [0.5, 0.6) is 0 Å². The smallest absolute Gasteiger partial charge is 0.173 e. The van der Waals surface area contributed by atoms with Gasteiger partial charge in [0.15, 0.2) is 5.82 Å². The number of rotatable bonds is 1. The van der Waals surface area contributed by atoms with Crippen LogP contribution in [0, 0.1) is 5.82 Å². The molecule has 0 saturated carbocycles. The third kappa shape index (κ3) is 1.19. The summed E-state index contributed by atoms with van der Waals surface area (Å²) in [5.41, 5.74) is 11.4. The maximum Gasteiger partial charge on any atom is 0.173 e. The third-order valence-corrected chi connectivity index (χ3v) is 1.94. The summed E-state index contributed by atoms with van der Waals surface area (Å²) in [6, 6.07) is 4.79. The zero-order valence-corrected chi connectivity index (χ0v) is 7.31. The first-order valence-corrected chi connectivity index (χ1v) is 4.03. The second-order valence-electron chi connectivity index (χ2n) is 2.85. The zero-order valence-electron chi connectivity index (χ0n) is 7.31. The Kier molecular flexibility index (Phi) is 1.85. The fourth-order valence-electron chi connectivity index (χ4n) is 1.18. The van der Waals surface area contributed by atoms with Crippen molar-refractivity contribution in [2.45, 2.75) is 0 Å². The van der Waals surface area contributed by atoms with Gasteiger partial charge in [-0.15, -0.1) is 0 Å². The van der Waals surface area contributed by atoms with Crippen LogP contribution in [0.25, 0.3) is 5.69 Å². The number of hydrogen-bond acceptors (Lipinski definition) is 3. The first kappa shape index (κ1) is 8.55. The van der Waals surface area contributed by atoms with E-state index in [-0.39, 0.29) is 11.4 Å². The SMILES string of the molecule is Nc1ccc(-n2cccn2)c(F)c1N. The van der Waals surface area contributed by atoms with Crippen LogP contribution in [0.4, 0.5) is 15.8 Å². The minimum Gasteiger partial charge on any atom is -0.397 e. The molecule has 4 N–H and O–H groups in total. The van der Waals surface area contributed by atoms with Gasteiger partial charge in [-0.3, -0.25) is 0 Å². The van der Waals surface area contributed by atoms with Gasteiger partial charge < -0.3 is 11.5 Å². The fraction of sp³-hybridized carbons (Fsp3) is 0. The Hall–Kier alpha value is -2.04. The highest BCUT2D eigenvalue weighted by atomic mass is 19.1. The average molecular weight is 192 g/mol. The van der Waals surface area contributed by atoms with Crippen LogP contribution in [0.15, 0.2) is 30.6 Å². The lowest BCUT2D eigenvalue weighted by Crippen LogP contribution is -2.04. The van der Waals surface area contributed by atoms with Crippen LogP contribution in [0.1, 0.15) is 0 Å². The van der Waals surface area contributed by atoms with E-state index in [2.05, 4.69) is 5.10 Å². The van der Waals surface area contributed by atoms with Crippen molar-refractivity contribution in [3.63, 3.8) is 0 Å². The molecule has 0 bridgehead atoms. The van der Waals surface area contributed by atoms with E-state index in [4.69, 9.17) is 11.5 Å². The molecular formula is C9H9FN4. The summed E-state index contributed by atoms with van der Waals surface area (Å²) in [6.45, 7) is 0. The highest BCUT2D eigenvalue weighted by Crippen LogP contribution is 2.23. The summed E-state index contributed by atoms with van der Waals surface area (Å²) < 4.78 is 15.0. The van der Waals surface area contributed by atoms with Crippen LogP contribution in [0.2, 0.25) is 0 Å². The Labute approximate surface area is 79.9 Å². The van der Waals surface area contributed by atoms with E-state index in [1.807, 2.05) is 0 Å². The number of anilines is 2. The number of hydrogen-bond donors (Lipinski definition) is 2. The molecule has 14 heavy (non-hydrogen) atoms. The van der Waals surface area contributed by atoms with Gasteiger partial charge in [0, 0.05) is 12.4 Å². The molecule has 0 atom stereocenters. The predicted octanol–water partition coefficient (Wildman–Crippen LogP) is 1.18. The van der Waals surface area contributed by atoms with Gasteiger partial charge in [0.25, 0.3) is 0 Å². The first-order chi connectivity index (χ1) is 6.70. The largest absolute Gasteiger partial charge is 0.397 e. The monoisotopic (exact) mass is 192 g/mol. The first-order valence-electron chi connectivity index (χ1n) is 4.03. The number of nitrogen functional groups attached to an aromatic ring is 2. The van der Waals surface area contributed by atoms with Crippen molar-refractivity contribution in [1.29, 1.82) is 0 Å². The summed E-state index contributed by atoms with van der Waals surface area (Å²) >= 11 is 0. The van der Waals surface area contributed by atoms with Crippen molar-refractivity contribution in [3.05, 3.63) is 36.4 Å². The van der Waals surface area contributed by atoms with Crippen LogP contribution >= 0.6 is 0 Å². The minimum absolute atomic E-state index is 0.0435. The van der Waals surface area contributed by atoms with Crippen molar-refractivity contribution < 1.29 is 4.39 Å². The molecule has 2 rings (SSSR count). The number of benzene rings is 1. The lowest BCUT2D eigenvalue weighted by molar-refractivity contribution is 0.616. The Bertz CT molecular complexity index is 450. The summed E-state index contributed by atoms with van der Waals surface area (Å²) in [6.07, 6.45) is 3.19. The standard InChI is InChI=1S/C9H9FN4/c10-8-7(14-5-1-4-13-14)3-2-6(11)9(8)12/h1-5H,11-12H2. The predicted molar refractivity (Wildman–Crippen MR) is 52.3 cm³/mol. The van der Waals surface area contributed by atoms with Crippen molar-refractivity contribution in [2.24, 2.45) is 0 Å². The van der Waals surface area contributed by atoms with E-state index < -0.39 is 5.82 Å². The van der Waals surface area contributed by atoms with Crippen molar-refractivity contribution in [3.8, 4) is 5.69 Å². The molecule has 0 fully saturated rings. The van der Waals surface area contributed by atoms with E-state index in [0.717, 1.165) is 0 Å². The molecule has 0 aliphatic heterocycles. The molecule has 5 heteroatoms. The van der Waals surface area contributed by atoms with E-state index in [1.165, 1.54) is 10.7 Å². The van der Waals surface area contributed by atoms with Gasteiger partial charge in [0.1, 0.15) is 5.69 Å². The molecule has 0 saturated heterocycles. The summed E-state index contributed by atoms with van der Waals surface area (Å²) in [7, 11) is 0. The molecule has 1 aromatic heterocycles. The normalized spacial score (nSPS) is 10.4. The molecule has 0 aliphatic rings. The number of nitrogens with two attached hydrogens (primary N) is 2. The van der Waals surface area contributed by atoms with Gasteiger partial charge in [0.2, 0.25) is 0 Å². The number of halogens is 1. The lowest BCUT2D eigenvalue weighted by atomic mass is 10.2. The number of nitrogens with zero attached hydrogens (tertiary/aromatic N) is 2. The summed E-state index contributed by atoms with van der Waals surface area (Å²) in [5, 5.41) is 3.90. The van der Waals surface area contributed by atoms with Gasteiger partial charge in [-0.1, -0.05) is 0 Å². The van der Waals surface area contributed by atoms with Crippen molar-refractivity contribution >= 4 is 11.4 Å². The highest BCUT2D eigenvalue weighted by molar-refractivity contribution is 5.67. The van der Waals surface area contributed by atoms with Crippen LogP contribution in [-0.4, -0.2) is 9.78 Å². The van der Waals surface area contributed by atoms with E-state index in [1.54, 1.807) is 24.5 Å². The second kappa shape index (κ2) is 3.02. The molecule has 72 valence electrons. The van der Waals surface area contributed by atoms with Gasteiger partial charge >= 0.3 is 0 Å². The molecule has 0 aliphatic carbocycles. The zero-order chi connectivity index (χ0) is 10.1. The Morgan fingerprint density at radius 1 is 1.29 bits per heavy atom. The maximum atomic E-state index is 13.6. The third-order valence-electron chi connectivity index (χ3n) is 1.94. The molecule has 1 heterocycles.